The summed E-state index contributed by atoms with van der Waals surface area (Å²) in [6.07, 6.45) is -11.7. The maximum atomic E-state index is 14.1. The van der Waals surface area contributed by atoms with Crippen LogP contribution in [0.1, 0.15) is 85.7 Å². The average molecular weight is 707 g/mol. The number of hydrogen-bond donors (Lipinski definition) is 1. The summed E-state index contributed by atoms with van der Waals surface area (Å²) in [7, 11) is 1.38. The molecule has 2 atom stereocenters. The van der Waals surface area contributed by atoms with Gasteiger partial charge in [0.15, 0.2) is 0 Å². The number of carbonyl (C=O) groups is 1. The zero-order chi connectivity index (χ0) is 35.9. The highest BCUT2D eigenvalue weighted by atomic mass is 19.4. The van der Waals surface area contributed by atoms with E-state index in [0.717, 1.165) is 16.9 Å². The first kappa shape index (κ1) is 36.4. The van der Waals surface area contributed by atoms with E-state index in [4.69, 9.17) is 0 Å². The Labute approximate surface area is 275 Å². The molecule has 5 rings (SSSR count). The van der Waals surface area contributed by atoms with Gasteiger partial charge in [-0.25, -0.2) is 0 Å². The number of halogens is 9. The first-order chi connectivity index (χ1) is 22.9. The van der Waals surface area contributed by atoms with Crippen LogP contribution < -0.4 is 9.80 Å². The fourth-order valence-corrected chi connectivity index (χ4v) is 6.94. The summed E-state index contributed by atoms with van der Waals surface area (Å²) in [6.45, 7) is 1.15. The van der Waals surface area contributed by atoms with Crippen LogP contribution in [0.5, 0.6) is 0 Å². The van der Waals surface area contributed by atoms with E-state index < -0.39 is 65.3 Å². The van der Waals surface area contributed by atoms with Gasteiger partial charge in [-0.2, -0.15) is 44.3 Å². The fourth-order valence-electron chi connectivity index (χ4n) is 6.94. The fraction of sp³-hybridized carbons (Fsp3) is 0.562. The number of amides is 1. The molecule has 17 heteroatoms. The minimum Gasteiger partial charge on any atom is -0.396 e. The number of anilines is 2. The minimum atomic E-state index is -5.13. The summed E-state index contributed by atoms with van der Waals surface area (Å²) in [6, 6.07) is 2.29. The quantitative estimate of drug-likeness (QED) is 0.242. The highest BCUT2D eigenvalue weighted by Gasteiger charge is 2.44. The van der Waals surface area contributed by atoms with Gasteiger partial charge in [0.2, 0.25) is 5.91 Å². The van der Waals surface area contributed by atoms with Crippen LogP contribution >= 0.6 is 0 Å². The van der Waals surface area contributed by atoms with Crippen LogP contribution in [-0.2, 0) is 36.9 Å². The average Bonchev–Trinajstić information content (AvgIpc) is 3.47. The number of aromatic nitrogens is 4. The van der Waals surface area contributed by atoms with Crippen molar-refractivity contribution in [3.8, 4) is 0 Å². The molecule has 268 valence electrons. The smallest absolute Gasteiger partial charge is 0.396 e. The van der Waals surface area contributed by atoms with Crippen LogP contribution in [0.25, 0.3) is 0 Å². The van der Waals surface area contributed by atoms with Gasteiger partial charge in [-0.15, -0.1) is 5.10 Å². The lowest BCUT2D eigenvalue weighted by Gasteiger charge is -2.46. The number of carbonyl (C=O) groups excluding carboxylic acids is 1. The summed E-state index contributed by atoms with van der Waals surface area (Å²) < 4.78 is 125. The SMILES string of the molecule is CC[C@@H]1CC(N(Cc2cc(C(F)(F)F)cc(C(F)(F)F)c2)c2nnn(C)n2)c2cc(C(F)(F)F)ccc2N1C(=O)[C@H]1CC[C@H](CCO)CC1. The van der Waals surface area contributed by atoms with Crippen molar-refractivity contribution in [2.45, 2.75) is 89.0 Å². The molecule has 8 nitrogen and oxygen atoms in total. The Kier molecular flexibility index (Phi) is 10.2. The van der Waals surface area contributed by atoms with Gasteiger partial charge in [0.25, 0.3) is 5.95 Å². The summed E-state index contributed by atoms with van der Waals surface area (Å²) >= 11 is 0. The Balaban J connectivity index is 1.63. The van der Waals surface area contributed by atoms with Gasteiger partial charge in [0.1, 0.15) is 0 Å². The Bertz CT molecular complexity index is 1600. The standard InChI is InChI=1S/C32H35F9N6O2/c1-3-24-16-27(46(29-42-44-45(2)43-29)17-19-12-22(31(36,37)38)14-23(13-19)32(39,40)41)25-15-21(30(33,34)35)8-9-26(25)47(24)28(49)20-6-4-18(5-7-20)10-11-48/h8-9,12-15,18,20,24,27,48H,3-7,10-11,16-17H2,1-2H3/t18-,20-,24-,27?/m1/s1. The molecule has 1 amide bonds. The number of fused-ring (bicyclic) bond motifs is 1. The first-order valence-corrected chi connectivity index (χ1v) is 15.8. The van der Waals surface area contributed by atoms with Crippen molar-refractivity contribution in [2.24, 2.45) is 18.9 Å². The molecule has 0 saturated heterocycles. The highest BCUT2D eigenvalue weighted by Crippen LogP contribution is 2.47. The molecule has 49 heavy (non-hydrogen) atoms. The highest BCUT2D eigenvalue weighted by molar-refractivity contribution is 5.97. The zero-order valence-corrected chi connectivity index (χ0v) is 26.6. The number of aliphatic hydroxyl groups excluding tert-OH is 1. The van der Waals surface area contributed by atoms with E-state index >= 15 is 0 Å². The van der Waals surface area contributed by atoms with Crippen molar-refractivity contribution in [1.29, 1.82) is 0 Å². The number of aryl methyl sites for hydroxylation is 1. The van der Waals surface area contributed by atoms with E-state index in [1.54, 1.807) is 6.92 Å². The van der Waals surface area contributed by atoms with E-state index in [1.165, 1.54) is 22.9 Å². The van der Waals surface area contributed by atoms with E-state index in [2.05, 4.69) is 15.4 Å². The molecule has 0 bridgehead atoms. The molecule has 1 fully saturated rings. The monoisotopic (exact) mass is 706 g/mol. The number of hydrogen-bond acceptors (Lipinski definition) is 6. The number of rotatable bonds is 8. The molecular formula is C32H35F9N6O2. The van der Waals surface area contributed by atoms with Crippen LogP contribution in [0.3, 0.4) is 0 Å². The van der Waals surface area contributed by atoms with Crippen LogP contribution in [-0.4, -0.2) is 43.9 Å². The number of benzene rings is 2. The Morgan fingerprint density at radius 3 is 2.02 bits per heavy atom. The summed E-state index contributed by atoms with van der Waals surface area (Å²) in [5.41, 5.74) is -4.43. The third-order valence-corrected chi connectivity index (χ3v) is 9.41. The van der Waals surface area contributed by atoms with Gasteiger partial charge in [-0.3, -0.25) is 4.79 Å². The maximum absolute atomic E-state index is 14.1. The summed E-state index contributed by atoms with van der Waals surface area (Å²) in [5.74, 6) is -0.672. The Morgan fingerprint density at radius 1 is 0.898 bits per heavy atom. The van der Waals surface area contributed by atoms with Gasteiger partial charge in [0.05, 0.1) is 29.8 Å². The molecule has 1 unspecified atom stereocenters. The number of tetrazole rings is 1. The lowest BCUT2D eigenvalue weighted by atomic mass is 9.79. The molecule has 2 aliphatic rings. The Morgan fingerprint density at radius 2 is 1.51 bits per heavy atom. The Hall–Kier alpha value is -3.89. The molecule has 1 aliphatic heterocycles. The topological polar surface area (TPSA) is 87.4 Å². The largest absolute Gasteiger partial charge is 0.416 e. The molecule has 1 N–H and O–H groups in total. The lowest BCUT2D eigenvalue weighted by molar-refractivity contribution is -0.143. The second-order valence-corrected chi connectivity index (χ2v) is 12.6. The third-order valence-electron chi connectivity index (χ3n) is 9.41. The second-order valence-electron chi connectivity index (χ2n) is 12.6. The molecule has 2 aromatic carbocycles. The van der Waals surface area contributed by atoms with E-state index in [9.17, 15) is 49.4 Å². The normalized spacial score (nSPS) is 21.8. The lowest BCUT2D eigenvalue weighted by Crippen LogP contribution is -2.50. The van der Waals surface area contributed by atoms with Crippen LogP contribution in [0.15, 0.2) is 36.4 Å². The van der Waals surface area contributed by atoms with Crippen molar-refractivity contribution in [3.05, 3.63) is 64.2 Å². The van der Waals surface area contributed by atoms with Crippen molar-refractivity contribution in [3.63, 3.8) is 0 Å². The van der Waals surface area contributed by atoms with Crippen LogP contribution in [0.2, 0.25) is 0 Å². The van der Waals surface area contributed by atoms with Gasteiger partial charge in [-0.1, -0.05) is 12.0 Å². The minimum absolute atomic E-state index is 0.00249. The summed E-state index contributed by atoms with van der Waals surface area (Å²) in [4.78, 5) is 17.9. The van der Waals surface area contributed by atoms with Crippen LogP contribution in [0.4, 0.5) is 51.1 Å². The molecule has 3 aromatic rings. The molecule has 0 spiro atoms. The van der Waals surface area contributed by atoms with Gasteiger partial charge in [-0.05, 0) is 104 Å². The van der Waals surface area contributed by atoms with Gasteiger partial charge >= 0.3 is 18.5 Å². The molecule has 1 saturated carbocycles. The first-order valence-electron chi connectivity index (χ1n) is 15.8. The predicted octanol–water partition coefficient (Wildman–Crippen LogP) is 7.72. The van der Waals surface area contributed by atoms with Gasteiger partial charge in [0, 0.05) is 30.8 Å². The zero-order valence-electron chi connectivity index (χ0n) is 26.6. The van der Waals surface area contributed by atoms with Crippen LogP contribution in [0, 0.1) is 11.8 Å². The number of nitrogens with zero attached hydrogens (tertiary/aromatic N) is 6. The second kappa shape index (κ2) is 13.8. The molecule has 1 aromatic heterocycles. The van der Waals surface area contributed by atoms with Crippen molar-refractivity contribution in [1.82, 2.24) is 20.2 Å². The van der Waals surface area contributed by atoms with E-state index in [-0.39, 0.29) is 48.1 Å². The van der Waals surface area contributed by atoms with Crippen molar-refractivity contribution < 1.29 is 49.4 Å². The number of aliphatic hydroxyl groups is 1. The molecule has 1 aliphatic carbocycles. The van der Waals surface area contributed by atoms with Crippen molar-refractivity contribution >= 4 is 17.5 Å². The third kappa shape index (κ3) is 7.96. The van der Waals surface area contributed by atoms with Crippen molar-refractivity contribution in [2.75, 3.05) is 16.4 Å². The van der Waals surface area contributed by atoms with Gasteiger partial charge < -0.3 is 14.9 Å². The molecule has 2 heterocycles. The number of alkyl halides is 9. The maximum Gasteiger partial charge on any atom is 0.416 e. The van der Waals surface area contributed by atoms with E-state index in [0.29, 0.717) is 50.7 Å². The molecule has 0 radical (unpaired) electrons. The summed E-state index contributed by atoms with van der Waals surface area (Å²) in [5, 5.41) is 21.1. The van der Waals surface area contributed by atoms with E-state index in [1.807, 2.05) is 0 Å². The molecular weight excluding hydrogens is 671 g/mol. The predicted molar refractivity (Wildman–Crippen MR) is 159 cm³/mol.